The highest BCUT2D eigenvalue weighted by Gasteiger charge is 2.27. The van der Waals surface area contributed by atoms with Crippen LogP contribution in [0.2, 0.25) is 10.0 Å². The maximum atomic E-state index is 13.3. The van der Waals surface area contributed by atoms with Crippen LogP contribution in [0.25, 0.3) is 0 Å². The first-order valence-corrected chi connectivity index (χ1v) is 11.3. The highest BCUT2D eigenvalue weighted by molar-refractivity contribution is 7.92. The molecule has 5 nitrogen and oxygen atoms in total. The number of benzene rings is 3. The second-order valence-electron chi connectivity index (χ2n) is 6.66. The molecule has 0 bridgehead atoms. The van der Waals surface area contributed by atoms with Crippen LogP contribution in [0.15, 0.2) is 77.7 Å². The molecule has 0 atom stereocenters. The Morgan fingerprint density at radius 3 is 2.27 bits per heavy atom. The molecule has 8 heteroatoms. The molecule has 0 radical (unpaired) electrons. The second-order valence-corrected chi connectivity index (χ2v) is 9.37. The summed E-state index contributed by atoms with van der Waals surface area (Å²) in [4.78, 5) is 12.7. The lowest BCUT2D eigenvalue weighted by atomic mass is 10.2. The molecule has 0 saturated carbocycles. The van der Waals surface area contributed by atoms with Gasteiger partial charge in [-0.25, -0.2) is 8.42 Å². The maximum Gasteiger partial charge on any atom is 0.264 e. The van der Waals surface area contributed by atoms with Crippen molar-refractivity contribution in [3.05, 3.63) is 94.0 Å². The molecule has 1 amide bonds. The second kappa shape index (κ2) is 9.51. The molecule has 0 saturated heterocycles. The molecule has 3 aromatic carbocycles. The number of carbonyl (C=O) groups excluding carboxylic acids is 1. The minimum absolute atomic E-state index is 0.0900. The Bertz CT molecular complexity index is 1130. The van der Waals surface area contributed by atoms with Gasteiger partial charge >= 0.3 is 0 Å². The number of rotatable bonds is 7. The number of sulfonamides is 1. The van der Waals surface area contributed by atoms with E-state index in [4.69, 9.17) is 23.2 Å². The van der Waals surface area contributed by atoms with Gasteiger partial charge in [-0.1, -0.05) is 59.6 Å². The molecule has 156 valence electrons. The van der Waals surface area contributed by atoms with E-state index in [1.165, 1.54) is 12.1 Å². The number of carbonyl (C=O) groups is 1. The van der Waals surface area contributed by atoms with Crippen LogP contribution in [0, 0.1) is 6.92 Å². The molecule has 3 aromatic rings. The highest BCUT2D eigenvalue weighted by atomic mass is 35.5. The van der Waals surface area contributed by atoms with Crippen molar-refractivity contribution in [2.75, 3.05) is 10.8 Å². The van der Waals surface area contributed by atoms with Gasteiger partial charge in [-0.05, 0) is 54.4 Å². The molecule has 0 unspecified atom stereocenters. The fourth-order valence-electron chi connectivity index (χ4n) is 2.76. The third-order valence-corrected chi connectivity index (χ3v) is 6.91. The Morgan fingerprint density at radius 2 is 1.63 bits per heavy atom. The van der Waals surface area contributed by atoms with Crippen LogP contribution in [0.4, 0.5) is 5.69 Å². The molecule has 0 heterocycles. The minimum Gasteiger partial charge on any atom is -0.350 e. The predicted octanol–water partition coefficient (Wildman–Crippen LogP) is 4.81. The summed E-state index contributed by atoms with van der Waals surface area (Å²) in [6.07, 6.45) is 0. The van der Waals surface area contributed by atoms with Crippen LogP contribution in [0.3, 0.4) is 0 Å². The highest BCUT2D eigenvalue weighted by Crippen LogP contribution is 2.27. The number of anilines is 1. The summed E-state index contributed by atoms with van der Waals surface area (Å²) in [6.45, 7) is 1.69. The first kappa shape index (κ1) is 22.2. The first-order valence-electron chi connectivity index (χ1n) is 9.12. The van der Waals surface area contributed by atoms with Crippen LogP contribution in [-0.2, 0) is 21.4 Å². The van der Waals surface area contributed by atoms with Crippen molar-refractivity contribution >= 4 is 44.8 Å². The van der Waals surface area contributed by atoms with E-state index < -0.39 is 15.9 Å². The number of aryl methyl sites for hydroxylation is 1. The number of nitrogens with zero attached hydrogens (tertiary/aromatic N) is 1. The van der Waals surface area contributed by atoms with Gasteiger partial charge < -0.3 is 5.32 Å². The van der Waals surface area contributed by atoms with Crippen molar-refractivity contribution in [1.82, 2.24) is 5.32 Å². The average molecular weight is 463 g/mol. The van der Waals surface area contributed by atoms with Crippen molar-refractivity contribution in [1.29, 1.82) is 0 Å². The summed E-state index contributed by atoms with van der Waals surface area (Å²) in [5.74, 6) is -0.443. The van der Waals surface area contributed by atoms with Gasteiger partial charge in [0, 0.05) is 16.6 Å². The zero-order chi connectivity index (χ0) is 21.7. The van der Waals surface area contributed by atoms with Crippen LogP contribution in [0.5, 0.6) is 0 Å². The van der Waals surface area contributed by atoms with Crippen molar-refractivity contribution in [2.24, 2.45) is 0 Å². The lowest BCUT2D eigenvalue weighted by Crippen LogP contribution is -2.40. The van der Waals surface area contributed by atoms with Gasteiger partial charge in [-0.2, -0.15) is 0 Å². The third-order valence-electron chi connectivity index (χ3n) is 4.46. The SMILES string of the molecule is Cc1ccc(N(CC(=O)NCc2ccc(Cl)cc2)S(=O)(=O)c2ccccc2)cc1Cl. The largest absolute Gasteiger partial charge is 0.350 e. The van der Waals surface area contributed by atoms with Gasteiger partial charge in [0.05, 0.1) is 10.6 Å². The lowest BCUT2D eigenvalue weighted by Gasteiger charge is -2.24. The standard InChI is InChI=1S/C22H20Cl2N2O3S/c1-16-7-12-19(13-21(16)24)26(30(28,29)20-5-3-2-4-6-20)15-22(27)25-14-17-8-10-18(23)11-9-17/h2-13H,14-15H2,1H3,(H,25,27). The Labute approximate surface area is 186 Å². The van der Waals surface area contributed by atoms with Crippen LogP contribution in [-0.4, -0.2) is 20.9 Å². The van der Waals surface area contributed by atoms with Gasteiger partial charge in [0.15, 0.2) is 0 Å². The summed E-state index contributed by atoms with van der Waals surface area (Å²) < 4.78 is 27.6. The van der Waals surface area contributed by atoms with E-state index in [0.29, 0.717) is 15.7 Å². The van der Waals surface area contributed by atoms with E-state index >= 15 is 0 Å². The Hall–Kier alpha value is -2.54. The number of amides is 1. The Morgan fingerprint density at radius 1 is 0.967 bits per heavy atom. The molecule has 0 aromatic heterocycles. The summed E-state index contributed by atoms with van der Waals surface area (Å²) >= 11 is 12.1. The fraction of sp³-hybridized carbons (Fsp3) is 0.136. The molecule has 1 N–H and O–H groups in total. The monoisotopic (exact) mass is 462 g/mol. The zero-order valence-electron chi connectivity index (χ0n) is 16.2. The van der Waals surface area contributed by atoms with Gasteiger partial charge in [0.2, 0.25) is 5.91 Å². The summed E-state index contributed by atoms with van der Waals surface area (Å²) in [6, 6.07) is 19.9. The van der Waals surface area contributed by atoms with E-state index in [0.717, 1.165) is 15.4 Å². The van der Waals surface area contributed by atoms with Crippen LogP contribution >= 0.6 is 23.2 Å². The van der Waals surface area contributed by atoms with Crippen molar-refractivity contribution in [3.8, 4) is 0 Å². The van der Waals surface area contributed by atoms with Gasteiger partial charge in [0.25, 0.3) is 10.0 Å². The molecule has 0 aliphatic rings. The van der Waals surface area contributed by atoms with Crippen molar-refractivity contribution < 1.29 is 13.2 Å². The molecule has 0 aliphatic carbocycles. The third kappa shape index (κ3) is 5.33. The predicted molar refractivity (Wildman–Crippen MR) is 120 cm³/mol. The molecule has 3 rings (SSSR count). The molecule has 30 heavy (non-hydrogen) atoms. The number of halogens is 2. The maximum absolute atomic E-state index is 13.3. The summed E-state index contributed by atoms with van der Waals surface area (Å²) in [5, 5.41) is 3.76. The number of hydrogen-bond donors (Lipinski definition) is 1. The Balaban J connectivity index is 1.86. The van der Waals surface area contributed by atoms with E-state index in [-0.39, 0.29) is 18.0 Å². The fourth-order valence-corrected chi connectivity index (χ4v) is 4.50. The van der Waals surface area contributed by atoms with Gasteiger partial charge in [-0.3, -0.25) is 9.10 Å². The van der Waals surface area contributed by atoms with Gasteiger partial charge in [-0.15, -0.1) is 0 Å². The first-order chi connectivity index (χ1) is 14.3. The normalized spacial score (nSPS) is 11.2. The van der Waals surface area contributed by atoms with E-state index in [2.05, 4.69) is 5.32 Å². The van der Waals surface area contributed by atoms with Crippen LogP contribution < -0.4 is 9.62 Å². The summed E-state index contributed by atoms with van der Waals surface area (Å²) in [7, 11) is -3.97. The number of nitrogens with one attached hydrogen (secondary N) is 1. The molecular formula is C22H20Cl2N2O3S. The smallest absolute Gasteiger partial charge is 0.264 e. The van der Waals surface area contributed by atoms with Crippen molar-refractivity contribution in [3.63, 3.8) is 0 Å². The van der Waals surface area contributed by atoms with Crippen molar-refractivity contribution in [2.45, 2.75) is 18.4 Å². The topological polar surface area (TPSA) is 66.5 Å². The van der Waals surface area contributed by atoms with E-state index in [1.54, 1.807) is 60.7 Å². The summed E-state index contributed by atoms with van der Waals surface area (Å²) in [5.41, 5.74) is 1.98. The zero-order valence-corrected chi connectivity index (χ0v) is 18.5. The van der Waals surface area contributed by atoms with Crippen LogP contribution in [0.1, 0.15) is 11.1 Å². The minimum atomic E-state index is -3.97. The molecule has 0 aliphatic heterocycles. The quantitative estimate of drug-likeness (QED) is 0.547. The molecular weight excluding hydrogens is 443 g/mol. The molecule has 0 fully saturated rings. The van der Waals surface area contributed by atoms with Gasteiger partial charge in [0.1, 0.15) is 6.54 Å². The lowest BCUT2D eigenvalue weighted by molar-refractivity contribution is -0.119. The Kier molecular flexibility index (Phi) is 7.02. The molecule has 0 spiro atoms. The number of hydrogen-bond acceptors (Lipinski definition) is 3. The van der Waals surface area contributed by atoms with E-state index in [1.807, 2.05) is 6.92 Å². The van der Waals surface area contributed by atoms with E-state index in [9.17, 15) is 13.2 Å². The average Bonchev–Trinajstić information content (AvgIpc) is 2.74.